The van der Waals surface area contributed by atoms with Gasteiger partial charge in [-0.2, -0.15) is 4.31 Å². The van der Waals surface area contributed by atoms with E-state index >= 15 is 0 Å². The lowest BCUT2D eigenvalue weighted by Gasteiger charge is -2.23. The first kappa shape index (κ1) is 19.3. The van der Waals surface area contributed by atoms with Crippen LogP contribution in [0.15, 0.2) is 53.4 Å². The summed E-state index contributed by atoms with van der Waals surface area (Å²) in [5, 5.41) is 3.05. The van der Waals surface area contributed by atoms with Crippen LogP contribution in [0.4, 0.5) is 5.69 Å². The molecule has 2 aromatic carbocycles. The van der Waals surface area contributed by atoms with Crippen LogP contribution in [0.25, 0.3) is 0 Å². The van der Waals surface area contributed by atoms with Crippen LogP contribution >= 0.6 is 11.6 Å². The Bertz CT molecular complexity index is 976. The van der Waals surface area contributed by atoms with Gasteiger partial charge in [-0.25, -0.2) is 8.42 Å². The van der Waals surface area contributed by atoms with Crippen LogP contribution in [-0.2, 0) is 14.8 Å². The average molecular weight is 408 g/mol. The molecule has 3 rings (SSSR count). The summed E-state index contributed by atoms with van der Waals surface area (Å²) in [5.41, 5.74) is 5.74. The van der Waals surface area contributed by atoms with E-state index in [1.165, 1.54) is 34.6 Å². The summed E-state index contributed by atoms with van der Waals surface area (Å²) in [6, 6.07) is 11.2. The maximum atomic E-state index is 12.9. The third kappa shape index (κ3) is 3.97. The van der Waals surface area contributed by atoms with Crippen molar-refractivity contribution in [2.24, 2.45) is 5.73 Å². The van der Waals surface area contributed by atoms with Crippen LogP contribution < -0.4 is 11.1 Å². The van der Waals surface area contributed by atoms with Gasteiger partial charge in [0.25, 0.3) is 5.91 Å². The third-order valence-corrected chi connectivity index (χ3v) is 6.55. The molecular formula is C18H18ClN3O4S. The normalized spacial score (nSPS) is 17.6. The van der Waals surface area contributed by atoms with E-state index in [9.17, 15) is 18.0 Å². The van der Waals surface area contributed by atoms with Gasteiger partial charge in [0.15, 0.2) is 0 Å². The first-order chi connectivity index (χ1) is 12.8. The number of benzene rings is 2. The lowest BCUT2D eigenvalue weighted by molar-refractivity contribution is -0.119. The van der Waals surface area contributed by atoms with Gasteiger partial charge < -0.3 is 11.1 Å². The fraction of sp³-hybridized carbons (Fsp3) is 0.222. The monoisotopic (exact) mass is 407 g/mol. The molecular weight excluding hydrogens is 390 g/mol. The highest BCUT2D eigenvalue weighted by Gasteiger charge is 2.39. The van der Waals surface area contributed by atoms with Gasteiger partial charge in [0, 0.05) is 11.6 Å². The Labute approximate surface area is 162 Å². The molecule has 0 spiro atoms. The Morgan fingerprint density at radius 1 is 1.11 bits per heavy atom. The lowest BCUT2D eigenvalue weighted by Crippen LogP contribution is -2.43. The molecule has 0 bridgehead atoms. The summed E-state index contributed by atoms with van der Waals surface area (Å²) in [7, 11) is -3.85. The predicted molar refractivity (Wildman–Crippen MR) is 102 cm³/mol. The van der Waals surface area contributed by atoms with E-state index in [-0.39, 0.29) is 22.7 Å². The number of rotatable bonds is 5. The second-order valence-corrected chi connectivity index (χ2v) is 8.45. The Balaban J connectivity index is 1.85. The van der Waals surface area contributed by atoms with Crippen LogP contribution in [-0.4, -0.2) is 37.1 Å². The van der Waals surface area contributed by atoms with Crippen LogP contribution in [0, 0.1) is 0 Å². The maximum absolute atomic E-state index is 12.9. The molecule has 7 nitrogen and oxygen atoms in total. The fourth-order valence-corrected chi connectivity index (χ4v) is 4.84. The highest BCUT2D eigenvalue weighted by molar-refractivity contribution is 7.89. The quantitative estimate of drug-likeness (QED) is 0.791. The second kappa shape index (κ2) is 7.67. The minimum absolute atomic E-state index is 0.0733. The highest BCUT2D eigenvalue weighted by Crippen LogP contribution is 2.28. The van der Waals surface area contributed by atoms with Crippen LogP contribution in [0.5, 0.6) is 0 Å². The van der Waals surface area contributed by atoms with Crippen molar-refractivity contribution in [3.05, 3.63) is 59.1 Å². The average Bonchev–Trinajstić information content (AvgIpc) is 3.13. The lowest BCUT2D eigenvalue weighted by atomic mass is 10.1. The van der Waals surface area contributed by atoms with E-state index < -0.39 is 27.9 Å². The van der Waals surface area contributed by atoms with E-state index in [4.69, 9.17) is 17.3 Å². The Morgan fingerprint density at radius 2 is 1.78 bits per heavy atom. The molecule has 0 saturated carbocycles. The molecule has 142 valence electrons. The van der Waals surface area contributed by atoms with E-state index in [0.717, 1.165) is 0 Å². The zero-order valence-corrected chi connectivity index (χ0v) is 15.8. The molecule has 1 atom stereocenters. The first-order valence-electron chi connectivity index (χ1n) is 8.28. The van der Waals surface area contributed by atoms with Gasteiger partial charge in [-0.05, 0) is 49.2 Å². The molecule has 9 heteroatoms. The number of sulfonamides is 1. The molecule has 0 radical (unpaired) electrons. The van der Waals surface area contributed by atoms with Crippen molar-refractivity contribution < 1.29 is 18.0 Å². The summed E-state index contributed by atoms with van der Waals surface area (Å²) < 4.78 is 27.0. The SMILES string of the molecule is NC(=O)c1ccccc1NC(=O)C1CCCN1S(=O)(=O)c1ccc(Cl)cc1. The summed E-state index contributed by atoms with van der Waals surface area (Å²) >= 11 is 5.82. The first-order valence-corrected chi connectivity index (χ1v) is 10.1. The summed E-state index contributed by atoms with van der Waals surface area (Å²) in [5.74, 6) is -1.18. The number of hydrogen-bond donors (Lipinski definition) is 2. The molecule has 0 aromatic heterocycles. The van der Waals surface area contributed by atoms with Gasteiger partial charge in [-0.1, -0.05) is 23.7 Å². The number of amides is 2. The minimum Gasteiger partial charge on any atom is -0.366 e. The number of carbonyl (C=O) groups is 2. The van der Waals surface area contributed by atoms with Crippen molar-refractivity contribution in [3.63, 3.8) is 0 Å². The Morgan fingerprint density at radius 3 is 2.44 bits per heavy atom. The third-order valence-electron chi connectivity index (χ3n) is 4.38. The molecule has 3 N–H and O–H groups in total. The van der Waals surface area contributed by atoms with Crippen molar-refractivity contribution >= 4 is 39.1 Å². The zero-order chi connectivity index (χ0) is 19.6. The molecule has 1 saturated heterocycles. The maximum Gasteiger partial charge on any atom is 0.250 e. The van der Waals surface area contributed by atoms with Crippen molar-refractivity contribution in [1.29, 1.82) is 0 Å². The molecule has 1 heterocycles. The summed E-state index contributed by atoms with van der Waals surface area (Å²) in [4.78, 5) is 24.3. The molecule has 27 heavy (non-hydrogen) atoms. The van der Waals surface area contributed by atoms with E-state index in [0.29, 0.717) is 17.9 Å². The molecule has 2 aromatic rings. The van der Waals surface area contributed by atoms with Gasteiger partial charge in [-0.3, -0.25) is 9.59 Å². The van der Waals surface area contributed by atoms with Crippen LogP contribution in [0.2, 0.25) is 5.02 Å². The Hall–Kier alpha value is -2.42. The Kier molecular flexibility index (Phi) is 5.50. The van der Waals surface area contributed by atoms with Gasteiger partial charge in [0.2, 0.25) is 15.9 Å². The van der Waals surface area contributed by atoms with Gasteiger partial charge in [-0.15, -0.1) is 0 Å². The molecule has 1 unspecified atom stereocenters. The number of primary amides is 1. The van der Waals surface area contributed by atoms with Crippen molar-refractivity contribution in [2.45, 2.75) is 23.8 Å². The smallest absolute Gasteiger partial charge is 0.250 e. The summed E-state index contributed by atoms with van der Waals surface area (Å²) in [6.07, 6.45) is 0.944. The molecule has 2 amide bonds. The number of nitrogens with one attached hydrogen (secondary N) is 1. The number of halogens is 1. The number of carbonyl (C=O) groups excluding carboxylic acids is 2. The van der Waals surface area contributed by atoms with Crippen molar-refractivity contribution in [3.8, 4) is 0 Å². The fourth-order valence-electron chi connectivity index (χ4n) is 3.05. The molecule has 0 aliphatic carbocycles. The topological polar surface area (TPSA) is 110 Å². The van der Waals surface area contributed by atoms with E-state index in [1.54, 1.807) is 18.2 Å². The highest BCUT2D eigenvalue weighted by atomic mass is 35.5. The predicted octanol–water partition coefficient (Wildman–Crippen LogP) is 2.23. The number of nitrogens with two attached hydrogens (primary N) is 1. The van der Waals surface area contributed by atoms with Gasteiger partial charge >= 0.3 is 0 Å². The largest absolute Gasteiger partial charge is 0.366 e. The second-order valence-electron chi connectivity index (χ2n) is 6.13. The number of hydrogen-bond acceptors (Lipinski definition) is 4. The number of para-hydroxylation sites is 1. The van der Waals surface area contributed by atoms with Crippen LogP contribution in [0.1, 0.15) is 23.2 Å². The molecule has 1 fully saturated rings. The minimum atomic E-state index is -3.85. The van der Waals surface area contributed by atoms with Crippen molar-refractivity contribution in [1.82, 2.24) is 4.31 Å². The van der Waals surface area contributed by atoms with Gasteiger partial charge in [0.1, 0.15) is 6.04 Å². The van der Waals surface area contributed by atoms with E-state index in [1.807, 2.05) is 0 Å². The van der Waals surface area contributed by atoms with Crippen molar-refractivity contribution in [2.75, 3.05) is 11.9 Å². The number of nitrogens with zero attached hydrogens (tertiary/aromatic N) is 1. The standard InChI is InChI=1S/C18H18ClN3O4S/c19-12-7-9-13(10-8-12)27(25,26)22-11-3-6-16(22)18(24)21-15-5-2-1-4-14(15)17(20)23/h1-2,4-5,7-10,16H,3,6,11H2,(H2,20,23)(H,21,24). The number of anilines is 1. The van der Waals surface area contributed by atoms with Crippen LogP contribution in [0.3, 0.4) is 0 Å². The molecule has 1 aliphatic heterocycles. The zero-order valence-electron chi connectivity index (χ0n) is 14.3. The van der Waals surface area contributed by atoms with E-state index in [2.05, 4.69) is 5.32 Å². The summed E-state index contributed by atoms with van der Waals surface area (Å²) in [6.45, 7) is 0.237. The molecule has 1 aliphatic rings. The van der Waals surface area contributed by atoms with Gasteiger partial charge in [0.05, 0.1) is 16.1 Å².